The number of nitrogens with zero attached hydrogens (tertiary/aromatic N) is 2. The molecule has 1 heterocycles. The Morgan fingerprint density at radius 3 is 2.92 bits per heavy atom. The van der Waals surface area contributed by atoms with Crippen LogP contribution in [0.3, 0.4) is 0 Å². The van der Waals surface area contributed by atoms with Gasteiger partial charge >= 0.3 is 0 Å². The average Bonchev–Trinajstić information content (AvgIpc) is 2.43. The maximum atomic E-state index is 8.52. The van der Waals surface area contributed by atoms with Crippen LogP contribution in [0.4, 0.5) is 5.69 Å². The minimum absolute atomic E-state index is 0.167. The first-order valence-corrected chi connectivity index (χ1v) is 4.35. The summed E-state index contributed by atoms with van der Waals surface area (Å²) in [6.07, 6.45) is 1.65. The van der Waals surface area contributed by atoms with Gasteiger partial charge in [-0.15, -0.1) is 0 Å². The van der Waals surface area contributed by atoms with E-state index in [0.717, 1.165) is 24.5 Å². The molecule has 0 radical (unpaired) electrons. The van der Waals surface area contributed by atoms with Gasteiger partial charge in [-0.1, -0.05) is 0 Å². The first-order chi connectivity index (χ1) is 6.25. The lowest BCUT2D eigenvalue weighted by molar-refractivity contribution is 0.291. The third-order valence-electron chi connectivity index (χ3n) is 1.93. The van der Waals surface area contributed by atoms with Crippen LogP contribution < -0.4 is 11.1 Å². The van der Waals surface area contributed by atoms with Gasteiger partial charge in [0.1, 0.15) is 0 Å². The second-order valence-electron chi connectivity index (χ2n) is 2.88. The largest absolute Gasteiger partial charge is 0.396 e. The zero-order chi connectivity index (χ0) is 9.68. The summed E-state index contributed by atoms with van der Waals surface area (Å²) in [5.74, 6) is 0. The summed E-state index contributed by atoms with van der Waals surface area (Å²) < 4.78 is 1.85. The molecule has 1 aromatic heterocycles. The Hall–Kier alpha value is -1.07. The molecule has 0 aliphatic heterocycles. The molecule has 1 rings (SSSR count). The highest BCUT2D eigenvalue weighted by molar-refractivity contribution is 5.39. The molecule has 0 spiro atoms. The first-order valence-electron chi connectivity index (χ1n) is 4.35. The van der Waals surface area contributed by atoms with E-state index < -0.39 is 0 Å². The molecule has 0 aliphatic carbocycles. The monoisotopic (exact) mass is 184 g/mol. The number of hydrogen-bond donors (Lipinski definition) is 3. The Morgan fingerprint density at radius 1 is 1.62 bits per heavy atom. The molecule has 0 fully saturated rings. The van der Waals surface area contributed by atoms with Crippen molar-refractivity contribution in [1.82, 2.24) is 15.1 Å². The first kappa shape index (κ1) is 10.0. The van der Waals surface area contributed by atoms with Gasteiger partial charge in [0, 0.05) is 13.1 Å². The highest BCUT2D eigenvalue weighted by Gasteiger charge is 2.00. The molecule has 0 bridgehead atoms. The van der Waals surface area contributed by atoms with Gasteiger partial charge in [-0.25, -0.2) is 0 Å². The van der Waals surface area contributed by atoms with E-state index >= 15 is 0 Å². The summed E-state index contributed by atoms with van der Waals surface area (Å²) in [5, 5.41) is 15.7. The molecule has 5 nitrogen and oxygen atoms in total. The highest BCUT2D eigenvalue weighted by atomic mass is 16.3. The molecule has 0 aliphatic rings. The molecule has 0 saturated carbocycles. The Kier molecular flexibility index (Phi) is 3.72. The third-order valence-corrected chi connectivity index (χ3v) is 1.93. The van der Waals surface area contributed by atoms with Crippen molar-refractivity contribution in [2.24, 2.45) is 0 Å². The van der Waals surface area contributed by atoms with Crippen LogP contribution in [0, 0.1) is 6.92 Å². The average molecular weight is 184 g/mol. The molecular formula is C8H16N4O. The van der Waals surface area contributed by atoms with E-state index in [9.17, 15) is 0 Å². The van der Waals surface area contributed by atoms with E-state index in [2.05, 4.69) is 10.4 Å². The highest BCUT2D eigenvalue weighted by Crippen LogP contribution is 2.07. The van der Waals surface area contributed by atoms with Crippen LogP contribution in [0.5, 0.6) is 0 Å². The molecule has 13 heavy (non-hydrogen) atoms. The Labute approximate surface area is 77.5 Å². The molecule has 4 N–H and O–H groups in total. The molecule has 0 aromatic carbocycles. The van der Waals surface area contributed by atoms with E-state index in [1.807, 2.05) is 11.6 Å². The number of nitrogens with two attached hydrogens (primary N) is 1. The normalized spacial score (nSPS) is 10.6. The van der Waals surface area contributed by atoms with Gasteiger partial charge < -0.3 is 16.2 Å². The molecule has 5 heteroatoms. The molecule has 1 aromatic rings. The van der Waals surface area contributed by atoms with Crippen LogP contribution in [0.15, 0.2) is 6.20 Å². The Morgan fingerprint density at radius 2 is 2.38 bits per heavy atom. The van der Waals surface area contributed by atoms with Crippen molar-refractivity contribution in [3.63, 3.8) is 0 Å². The van der Waals surface area contributed by atoms with Gasteiger partial charge in [-0.2, -0.15) is 5.10 Å². The van der Waals surface area contributed by atoms with E-state index in [1.54, 1.807) is 6.20 Å². The van der Waals surface area contributed by atoms with Gasteiger partial charge in [0.05, 0.1) is 30.7 Å². The number of nitrogens with one attached hydrogen (secondary N) is 1. The molecule has 0 amide bonds. The van der Waals surface area contributed by atoms with Gasteiger partial charge in [-0.05, 0) is 6.92 Å². The van der Waals surface area contributed by atoms with Gasteiger partial charge in [0.15, 0.2) is 0 Å². The Bertz CT molecular complexity index is 259. The predicted molar refractivity (Wildman–Crippen MR) is 51.3 cm³/mol. The number of aromatic nitrogens is 2. The van der Waals surface area contributed by atoms with Gasteiger partial charge in [0.25, 0.3) is 0 Å². The standard InChI is InChI=1S/C8H16N4O/c1-7-8(9)6-11-12(7)4-2-10-3-5-13/h6,10,13H,2-5,9H2,1H3. The molecule has 0 atom stereocenters. The minimum atomic E-state index is 0.167. The van der Waals surface area contributed by atoms with Crippen LogP contribution in [0.1, 0.15) is 5.69 Å². The fraction of sp³-hybridized carbons (Fsp3) is 0.625. The number of nitrogen functional groups attached to an aromatic ring is 1. The summed E-state index contributed by atoms with van der Waals surface area (Å²) in [6, 6.07) is 0. The van der Waals surface area contributed by atoms with Crippen LogP contribution in [-0.2, 0) is 6.54 Å². The van der Waals surface area contributed by atoms with Crippen molar-refractivity contribution in [2.45, 2.75) is 13.5 Å². The number of hydrogen-bond acceptors (Lipinski definition) is 4. The SMILES string of the molecule is Cc1c(N)cnn1CCNCCO. The zero-order valence-electron chi connectivity index (χ0n) is 7.82. The van der Waals surface area contributed by atoms with E-state index in [0.29, 0.717) is 6.54 Å². The third kappa shape index (κ3) is 2.71. The van der Waals surface area contributed by atoms with Crippen LogP contribution in [0.25, 0.3) is 0 Å². The number of aliphatic hydroxyl groups excluding tert-OH is 1. The number of rotatable bonds is 5. The minimum Gasteiger partial charge on any atom is -0.396 e. The quantitative estimate of drug-likeness (QED) is 0.532. The van der Waals surface area contributed by atoms with Crippen molar-refractivity contribution in [3.8, 4) is 0 Å². The fourth-order valence-corrected chi connectivity index (χ4v) is 1.08. The summed E-state index contributed by atoms with van der Waals surface area (Å²) in [5.41, 5.74) is 7.34. The summed E-state index contributed by atoms with van der Waals surface area (Å²) in [7, 11) is 0. The smallest absolute Gasteiger partial charge is 0.0730 e. The van der Waals surface area contributed by atoms with Crippen molar-refractivity contribution >= 4 is 5.69 Å². The van der Waals surface area contributed by atoms with Crippen LogP contribution in [0.2, 0.25) is 0 Å². The lowest BCUT2D eigenvalue weighted by atomic mass is 10.4. The topological polar surface area (TPSA) is 76.1 Å². The van der Waals surface area contributed by atoms with E-state index in [1.165, 1.54) is 0 Å². The Balaban J connectivity index is 2.32. The summed E-state index contributed by atoms with van der Waals surface area (Å²) >= 11 is 0. The van der Waals surface area contributed by atoms with Crippen LogP contribution in [-0.4, -0.2) is 34.6 Å². The summed E-state index contributed by atoms with van der Waals surface area (Å²) in [6.45, 7) is 4.30. The number of aliphatic hydroxyl groups is 1. The zero-order valence-corrected chi connectivity index (χ0v) is 7.82. The lowest BCUT2D eigenvalue weighted by Gasteiger charge is -2.05. The van der Waals surface area contributed by atoms with E-state index in [-0.39, 0.29) is 6.61 Å². The maximum Gasteiger partial charge on any atom is 0.0730 e. The fourth-order valence-electron chi connectivity index (χ4n) is 1.08. The molecular weight excluding hydrogens is 168 g/mol. The van der Waals surface area contributed by atoms with Gasteiger partial charge in [0.2, 0.25) is 0 Å². The maximum absolute atomic E-state index is 8.52. The second-order valence-corrected chi connectivity index (χ2v) is 2.88. The molecule has 0 unspecified atom stereocenters. The molecule has 74 valence electrons. The number of anilines is 1. The van der Waals surface area contributed by atoms with Crippen LogP contribution >= 0.6 is 0 Å². The predicted octanol–water partition coefficient (Wildman–Crippen LogP) is -0.644. The summed E-state index contributed by atoms with van der Waals surface area (Å²) in [4.78, 5) is 0. The second kappa shape index (κ2) is 4.84. The van der Waals surface area contributed by atoms with Crippen molar-refractivity contribution < 1.29 is 5.11 Å². The lowest BCUT2D eigenvalue weighted by Crippen LogP contribution is -2.23. The van der Waals surface area contributed by atoms with E-state index in [4.69, 9.17) is 10.8 Å². The molecule has 0 saturated heterocycles. The van der Waals surface area contributed by atoms with Gasteiger partial charge in [-0.3, -0.25) is 4.68 Å². The van der Waals surface area contributed by atoms with Crippen molar-refractivity contribution in [2.75, 3.05) is 25.4 Å². The van der Waals surface area contributed by atoms with Crippen molar-refractivity contribution in [1.29, 1.82) is 0 Å². The van der Waals surface area contributed by atoms with Crippen molar-refractivity contribution in [3.05, 3.63) is 11.9 Å².